The molecule has 4 nitrogen and oxygen atoms in total. The van der Waals surface area contributed by atoms with Crippen molar-refractivity contribution in [3.63, 3.8) is 0 Å². The fourth-order valence-corrected chi connectivity index (χ4v) is 2.32. The molecule has 2 aromatic carbocycles. The first kappa shape index (κ1) is 13.1. The zero-order valence-corrected chi connectivity index (χ0v) is 10.9. The predicted molar refractivity (Wildman–Crippen MR) is 74.5 cm³/mol. The molecule has 95 valence electrons. The Kier molecular flexibility index (Phi) is 3.83. The minimum atomic E-state index is -2.84. The maximum atomic E-state index is 11.4. The summed E-state index contributed by atoms with van der Waals surface area (Å²) >= 11 is 0. The molecule has 0 amide bonds. The summed E-state index contributed by atoms with van der Waals surface area (Å²) in [5, 5.41) is 8.86. The van der Waals surface area contributed by atoms with Crippen molar-refractivity contribution >= 4 is 22.3 Å². The molecule has 0 spiro atoms. The maximum absolute atomic E-state index is 11.4. The number of nitrogens with zero attached hydrogens (tertiary/aromatic N) is 2. The van der Waals surface area contributed by atoms with Crippen molar-refractivity contribution in [2.75, 3.05) is 4.31 Å². The molecule has 0 heterocycles. The summed E-state index contributed by atoms with van der Waals surface area (Å²) in [4.78, 5) is 0. The molecule has 0 unspecified atom stereocenters. The van der Waals surface area contributed by atoms with Gasteiger partial charge >= 0.3 is 0 Å². The number of thiol groups is 1. The van der Waals surface area contributed by atoms with E-state index >= 15 is 0 Å². The van der Waals surface area contributed by atoms with Crippen molar-refractivity contribution in [3.8, 4) is 6.07 Å². The molecule has 0 aliphatic heterocycles. The first-order valence-corrected chi connectivity index (χ1v) is 6.61. The van der Waals surface area contributed by atoms with Crippen molar-refractivity contribution in [2.45, 2.75) is 0 Å². The lowest BCUT2D eigenvalue weighted by Crippen LogP contribution is -2.14. The van der Waals surface area contributed by atoms with Crippen molar-refractivity contribution in [3.05, 3.63) is 66.6 Å². The van der Waals surface area contributed by atoms with Crippen LogP contribution in [0.3, 0.4) is 0 Å². The average Bonchev–Trinajstić information content (AvgIpc) is 2.41. The number of hydrogen-bond donors (Lipinski definition) is 1. The van der Waals surface area contributed by atoms with Gasteiger partial charge in [0.25, 0.3) is 0 Å². The highest BCUT2D eigenvalue weighted by atomic mass is 32.2. The van der Waals surface area contributed by atoms with Gasteiger partial charge in [-0.1, -0.05) is 18.2 Å². The van der Waals surface area contributed by atoms with Crippen LogP contribution in [-0.2, 0) is 10.9 Å². The molecule has 0 saturated carbocycles. The molecule has 19 heavy (non-hydrogen) atoms. The molecular formula is C14H11N2O2S. The highest BCUT2D eigenvalue weighted by Crippen LogP contribution is 2.26. The summed E-state index contributed by atoms with van der Waals surface area (Å²) < 4.78 is 24.1. The van der Waals surface area contributed by atoms with Crippen LogP contribution in [0.15, 0.2) is 48.5 Å². The summed E-state index contributed by atoms with van der Waals surface area (Å²) in [5.74, 6) is 0. The van der Waals surface area contributed by atoms with Crippen LogP contribution in [0, 0.1) is 18.3 Å². The average molecular weight is 271 g/mol. The number of hydrogen-bond acceptors (Lipinski definition) is 3. The molecule has 5 heteroatoms. The molecule has 2 rings (SSSR count). The Morgan fingerprint density at radius 3 is 2.32 bits per heavy atom. The van der Waals surface area contributed by atoms with E-state index in [9.17, 15) is 8.42 Å². The zero-order valence-electron chi connectivity index (χ0n) is 9.98. The standard InChI is InChI=1S/C14H11N2O2S/c1-11-5-7-13(8-6-11)16(19(17)18)14-4-2-3-12(9-14)10-15/h2-9,19H,1H2. The van der Waals surface area contributed by atoms with Gasteiger partial charge in [0.1, 0.15) is 0 Å². The van der Waals surface area contributed by atoms with Crippen LogP contribution in [0.25, 0.3) is 0 Å². The Labute approximate surface area is 113 Å². The second kappa shape index (κ2) is 5.55. The van der Waals surface area contributed by atoms with E-state index in [-0.39, 0.29) is 0 Å². The van der Waals surface area contributed by atoms with Crippen LogP contribution in [0.5, 0.6) is 0 Å². The molecule has 0 bridgehead atoms. The second-order valence-electron chi connectivity index (χ2n) is 3.88. The molecule has 0 aromatic heterocycles. The van der Waals surface area contributed by atoms with Crippen molar-refractivity contribution in [1.29, 1.82) is 5.26 Å². The lowest BCUT2D eigenvalue weighted by molar-refractivity contribution is 0.614. The molecule has 0 fully saturated rings. The lowest BCUT2D eigenvalue weighted by atomic mass is 10.2. The van der Waals surface area contributed by atoms with Crippen molar-refractivity contribution in [1.82, 2.24) is 0 Å². The number of nitriles is 1. The largest absolute Gasteiger partial charge is 0.241 e. The van der Waals surface area contributed by atoms with Crippen LogP contribution >= 0.6 is 0 Å². The van der Waals surface area contributed by atoms with Crippen LogP contribution in [-0.4, -0.2) is 8.42 Å². The van der Waals surface area contributed by atoms with E-state index in [2.05, 4.69) is 6.92 Å². The smallest absolute Gasteiger partial charge is 0.229 e. The highest BCUT2D eigenvalue weighted by Gasteiger charge is 2.11. The second-order valence-corrected chi connectivity index (χ2v) is 4.75. The summed E-state index contributed by atoms with van der Waals surface area (Å²) in [6.45, 7) is 3.75. The lowest BCUT2D eigenvalue weighted by Gasteiger charge is -2.18. The van der Waals surface area contributed by atoms with Gasteiger partial charge in [-0.25, -0.2) is 12.7 Å². The van der Waals surface area contributed by atoms with Gasteiger partial charge in [0.2, 0.25) is 10.9 Å². The van der Waals surface area contributed by atoms with E-state index in [4.69, 9.17) is 5.26 Å². The van der Waals surface area contributed by atoms with E-state index < -0.39 is 10.9 Å². The maximum Gasteiger partial charge on any atom is 0.229 e. The van der Waals surface area contributed by atoms with E-state index in [1.807, 2.05) is 6.07 Å². The first-order chi connectivity index (χ1) is 9.11. The molecule has 1 radical (unpaired) electrons. The fraction of sp³-hybridized carbons (Fsp3) is 0. The Morgan fingerprint density at radius 1 is 1.05 bits per heavy atom. The summed E-state index contributed by atoms with van der Waals surface area (Å²) in [5.41, 5.74) is 2.16. The van der Waals surface area contributed by atoms with E-state index in [0.717, 1.165) is 9.87 Å². The van der Waals surface area contributed by atoms with E-state index in [1.54, 1.807) is 42.5 Å². The number of anilines is 2. The van der Waals surface area contributed by atoms with E-state index in [1.165, 1.54) is 6.07 Å². The van der Waals surface area contributed by atoms with Gasteiger partial charge in [-0.3, -0.25) is 0 Å². The first-order valence-electron chi connectivity index (χ1n) is 5.48. The van der Waals surface area contributed by atoms with Crippen molar-refractivity contribution in [2.24, 2.45) is 0 Å². The topological polar surface area (TPSA) is 61.2 Å². The Morgan fingerprint density at radius 2 is 1.74 bits per heavy atom. The van der Waals surface area contributed by atoms with Gasteiger partial charge in [-0.2, -0.15) is 5.26 Å². The van der Waals surface area contributed by atoms with E-state index in [0.29, 0.717) is 16.9 Å². The minimum Gasteiger partial charge on any atom is -0.241 e. The highest BCUT2D eigenvalue weighted by molar-refractivity contribution is 7.74. The monoisotopic (exact) mass is 271 g/mol. The Hall–Kier alpha value is -2.32. The van der Waals surface area contributed by atoms with Crippen LogP contribution in [0.2, 0.25) is 0 Å². The van der Waals surface area contributed by atoms with Gasteiger partial charge in [-0.15, -0.1) is 0 Å². The van der Waals surface area contributed by atoms with Crippen molar-refractivity contribution < 1.29 is 8.42 Å². The third kappa shape index (κ3) is 2.92. The fourth-order valence-electron chi connectivity index (χ4n) is 1.68. The Bertz CT molecular complexity index is 692. The van der Waals surface area contributed by atoms with Crippen LogP contribution < -0.4 is 4.31 Å². The molecule has 0 N–H and O–H groups in total. The summed E-state index contributed by atoms with van der Waals surface area (Å²) in [7, 11) is -2.84. The summed E-state index contributed by atoms with van der Waals surface area (Å²) in [6, 6.07) is 15.2. The van der Waals surface area contributed by atoms with Crippen LogP contribution in [0.1, 0.15) is 11.1 Å². The van der Waals surface area contributed by atoms with Gasteiger partial charge in [0.15, 0.2) is 0 Å². The third-order valence-corrected chi connectivity index (χ3v) is 3.35. The summed E-state index contributed by atoms with van der Waals surface area (Å²) in [6.07, 6.45) is 0. The molecular weight excluding hydrogens is 260 g/mol. The molecule has 0 aliphatic rings. The Balaban J connectivity index is 2.52. The molecule has 0 aliphatic carbocycles. The van der Waals surface area contributed by atoms with Gasteiger partial charge in [0, 0.05) is 0 Å². The normalized spacial score (nSPS) is 10.2. The molecule has 0 atom stereocenters. The third-order valence-electron chi connectivity index (χ3n) is 2.56. The molecule has 2 aromatic rings. The quantitative estimate of drug-likeness (QED) is 0.872. The number of rotatable bonds is 3. The van der Waals surface area contributed by atoms with Gasteiger partial charge < -0.3 is 0 Å². The van der Waals surface area contributed by atoms with Gasteiger partial charge in [0.05, 0.1) is 23.0 Å². The molecule has 0 saturated heterocycles. The SMILES string of the molecule is [CH2]c1ccc(N(c2cccc(C#N)c2)[SH](=O)=O)cc1. The van der Waals surface area contributed by atoms with Gasteiger partial charge in [-0.05, 0) is 42.8 Å². The zero-order chi connectivity index (χ0) is 13.8. The minimum absolute atomic E-state index is 0.410. The number of benzene rings is 2. The van der Waals surface area contributed by atoms with Crippen LogP contribution in [0.4, 0.5) is 11.4 Å². The predicted octanol–water partition coefficient (Wildman–Crippen LogP) is 2.40.